The number of ether oxygens (including phenoxy) is 1. The van der Waals surface area contributed by atoms with Crippen LogP contribution in [0.15, 0.2) is 29.4 Å². The minimum Gasteiger partial charge on any atom is -0.409 e. The molecule has 1 fully saturated rings. The van der Waals surface area contributed by atoms with Crippen molar-refractivity contribution in [3.8, 4) is 0 Å². The standard InChI is InChI=1S/C13H17N3O3/c14-13(16-18)10-3-1-9(2-4-10)7-12(17)15-11-5-6-19-8-11/h1-4,11,18H,5-8H2,(H2,14,16)(H,15,17). The second-order valence-electron chi connectivity index (χ2n) is 4.49. The van der Waals surface area contributed by atoms with Gasteiger partial charge in [-0.1, -0.05) is 29.4 Å². The van der Waals surface area contributed by atoms with Gasteiger partial charge in [-0.2, -0.15) is 0 Å². The van der Waals surface area contributed by atoms with Crippen LogP contribution in [0.4, 0.5) is 0 Å². The number of nitrogens with two attached hydrogens (primary N) is 1. The van der Waals surface area contributed by atoms with Crippen LogP contribution in [0.3, 0.4) is 0 Å². The number of carbonyl (C=O) groups excluding carboxylic acids is 1. The van der Waals surface area contributed by atoms with Gasteiger partial charge in [-0.3, -0.25) is 4.79 Å². The maximum atomic E-state index is 11.8. The summed E-state index contributed by atoms with van der Waals surface area (Å²) < 4.78 is 5.20. The summed E-state index contributed by atoms with van der Waals surface area (Å²) in [7, 11) is 0. The van der Waals surface area contributed by atoms with E-state index in [-0.39, 0.29) is 17.8 Å². The van der Waals surface area contributed by atoms with Gasteiger partial charge >= 0.3 is 0 Å². The van der Waals surface area contributed by atoms with E-state index in [1.54, 1.807) is 24.3 Å². The lowest BCUT2D eigenvalue weighted by Crippen LogP contribution is -2.36. The summed E-state index contributed by atoms with van der Waals surface area (Å²) in [5.74, 6) is 0.0335. The molecule has 19 heavy (non-hydrogen) atoms. The van der Waals surface area contributed by atoms with E-state index in [4.69, 9.17) is 15.7 Å². The third-order valence-corrected chi connectivity index (χ3v) is 3.02. The molecule has 1 amide bonds. The molecule has 1 atom stereocenters. The number of amides is 1. The van der Waals surface area contributed by atoms with E-state index in [0.29, 0.717) is 25.2 Å². The molecule has 6 nitrogen and oxygen atoms in total. The van der Waals surface area contributed by atoms with Crippen molar-refractivity contribution in [3.05, 3.63) is 35.4 Å². The first kappa shape index (κ1) is 13.4. The Labute approximate surface area is 111 Å². The topological polar surface area (TPSA) is 96.9 Å². The summed E-state index contributed by atoms with van der Waals surface area (Å²) in [6.45, 7) is 1.30. The number of oxime groups is 1. The number of nitrogens with one attached hydrogen (secondary N) is 1. The Morgan fingerprint density at radius 1 is 1.47 bits per heavy atom. The number of rotatable bonds is 4. The maximum absolute atomic E-state index is 11.8. The third-order valence-electron chi connectivity index (χ3n) is 3.02. The van der Waals surface area contributed by atoms with Gasteiger partial charge in [0.1, 0.15) is 0 Å². The number of benzene rings is 1. The van der Waals surface area contributed by atoms with Crippen molar-refractivity contribution < 1.29 is 14.7 Å². The Morgan fingerprint density at radius 3 is 2.79 bits per heavy atom. The van der Waals surface area contributed by atoms with Gasteiger partial charge < -0.3 is 21.0 Å². The van der Waals surface area contributed by atoms with Crippen LogP contribution >= 0.6 is 0 Å². The highest BCUT2D eigenvalue weighted by molar-refractivity contribution is 5.97. The van der Waals surface area contributed by atoms with Crippen LogP contribution in [0.5, 0.6) is 0 Å². The van der Waals surface area contributed by atoms with Gasteiger partial charge in [0.15, 0.2) is 5.84 Å². The molecule has 1 aromatic rings. The zero-order valence-corrected chi connectivity index (χ0v) is 10.5. The third kappa shape index (κ3) is 3.69. The van der Waals surface area contributed by atoms with E-state index >= 15 is 0 Å². The van der Waals surface area contributed by atoms with Crippen LogP contribution in [0.1, 0.15) is 17.5 Å². The fourth-order valence-electron chi connectivity index (χ4n) is 1.96. The Morgan fingerprint density at radius 2 is 2.21 bits per heavy atom. The second-order valence-corrected chi connectivity index (χ2v) is 4.49. The van der Waals surface area contributed by atoms with Gasteiger partial charge in [0.05, 0.1) is 19.1 Å². The number of amidine groups is 1. The molecule has 0 saturated carbocycles. The molecule has 0 aromatic heterocycles. The highest BCUT2D eigenvalue weighted by Crippen LogP contribution is 2.07. The lowest BCUT2D eigenvalue weighted by atomic mass is 10.1. The number of nitrogens with zero attached hydrogens (tertiary/aromatic N) is 1. The molecular formula is C13H17N3O3. The minimum atomic E-state index is -0.0213. The molecule has 6 heteroatoms. The van der Waals surface area contributed by atoms with Crippen molar-refractivity contribution in [2.75, 3.05) is 13.2 Å². The molecule has 1 heterocycles. The van der Waals surface area contributed by atoms with Crippen molar-refractivity contribution in [2.24, 2.45) is 10.9 Å². The van der Waals surface area contributed by atoms with Crippen molar-refractivity contribution >= 4 is 11.7 Å². The smallest absolute Gasteiger partial charge is 0.224 e. The normalized spacial score (nSPS) is 19.4. The fourth-order valence-corrected chi connectivity index (χ4v) is 1.96. The second kappa shape index (κ2) is 6.19. The lowest BCUT2D eigenvalue weighted by molar-refractivity contribution is -0.121. The van der Waals surface area contributed by atoms with E-state index in [9.17, 15) is 4.79 Å². The number of hydrogen-bond acceptors (Lipinski definition) is 4. The summed E-state index contributed by atoms with van der Waals surface area (Å²) in [6.07, 6.45) is 1.18. The van der Waals surface area contributed by atoms with Crippen molar-refractivity contribution in [2.45, 2.75) is 18.9 Å². The van der Waals surface area contributed by atoms with Crippen LogP contribution in [-0.4, -0.2) is 36.2 Å². The average Bonchev–Trinajstić information content (AvgIpc) is 2.91. The van der Waals surface area contributed by atoms with Gasteiger partial charge in [0, 0.05) is 12.2 Å². The van der Waals surface area contributed by atoms with E-state index in [0.717, 1.165) is 12.0 Å². The van der Waals surface area contributed by atoms with Crippen LogP contribution in [0, 0.1) is 0 Å². The number of hydrogen-bond donors (Lipinski definition) is 3. The van der Waals surface area contributed by atoms with Crippen molar-refractivity contribution in [1.82, 2.24) is 5.32 Å². The highest BCUT2D eigenvalue weighted by atomic mass is 16.5. The Balaban J connectivity index is 1.90. The summed E-state index contributed by atoms with van der Waals surface area (Å²) in [4.78, 5) is 11.8. The zero-order valence-electron chi connectivity index (χ0n) is 10.5. The molecule has 2 rings (SSSR count). The van der Waals surface area contributed by atoms with Gasteiger partial charge in [-0.25, -0.2) is 0 Å². The molecule has 1 saturated heterocycles. The Hall–Kier alpha value is -2.08. The fraction of sp³-hybridized carbons (Fsp3) is 0.385. The SMILES string of the molecule is N/C(=N/O)c1ccc(CC(=O)NC2CCOC2)cc1. The average molecular weight is 263 g/mol. The van der Waals surface area contributed by atoms with Gasteiger partial charge in [0.2, 0.25) is 5.91 Å². The van der Waals surface area contributed by atoms with E-state index < -0.39 is 0 Å². The minimum absolute atomic E-state index is 0.0213. The van der Waals surface area contributed by atoms with Gasteiger partial charge in [-0.05, 0) is 12.0 Å². The molecule has 0 bridgehead atoms. The predicted octanol–water partition coefficient (Wildman–Crippen LogP) is 0.229. The van der Waals surface area contributed by atoms with E-state index in [2.05, 4.69) is 10.5 Å². The maximum Gasteiger partial charge on any atom is 0.224 e. The molecule has 4 N–H and O–H groups in total. The van der Waals surface area contributed by atoms with Crippen LogP contribution < -0.4 is 11.1 Å². The monoisotopic (exact) mass is 263 g/mol. The van der Waals surface area contributed by atoms with Gasteiger partial charge in [-0.15, -0.1) is 0 Å². The number of carbonyl (C=O) groups is 1. The molecule has 1 aliphatic heterocycles. The van der Waals surface area contributed by atoms with Crippen LogP contribution in [-0.2, 0) is 16.0 Å². The first-order chi connectivity index (χ1) is 9.19. The molecule has 1 aliphatic rings. The summed E-state index contributed by atoms with van der Waals surface area (Å²) in [5.41, 5.74) is 6.96. The van der Waals surface area contributed by atoms with E-state index in [1.165, 1.54) is 0 Å². The van der Waals surface area contributed by atoms with Crippen molar-refractivity contribution in [3.63, 3.8) is 0 Å². The molecule has 1 aromatic carbocycles. The van der Waals surface area contributed by atoms with E-state index in [1.807, 2.05) is 0 Å². The van der Waals surface area contributed by atoms with Crippen LogP contribution in [0.25, 0.3) is 0 Å². The molecule has 0 spiro atoms. The first-order valence-electron chi connectivity index (χ1n) is 6.13. The predicted molar refractivity (Wildman–Crippen MR) is 70.0 cm³/mol. The summed E-state index contributed by atoms with van der Waals surface area (Å²) in [6, 6.07) is 7.15. The molecule has 0 aliphatic carbocycles. The molecule has 102 valence electrons. The molecular weight excluding hydrogens is 246 g/mol. The first-order valence-corrected chi connectivity index (χ1v) is 6.13. The molecule has 1 unspecified atom stereocenters. The summed E-state index contributed by atoms with van der Waals surface area (Å²) in [5, 5.41) is 14.4. The lowest BCUT2D eigenvalue weighted by Gasteiger charge is -2.10. The van der Waals surface area contributed by atoms with Crippen molar-refractivity contribution in [1.29, 1.82) is 0 Å². The quantitative estimate of drug-likeness (QED) is 0.313. The Bertz CT molecular complexity index is 465. The largest absolute Gasteiger partial charge is 0.409 e. The summed E-state index contributed by atoms with van der Waals surface area (Å²) >= 11 is 0. The zero-order chi connectivity index (χ0) is 13.7. The van der Waals surface area contributed by atoms with Crippen LogP contribution in [0.2, 0.25) is 0 Å². The van der Waals surface area contributed by atoms with Gasteiger partial charge in [0.25, 0.3) is 0 Å². The molecule has 0 radical (unpaired) electrons. The highest BCUT2D eigenvalue weighted by Gasteiger charge is 2.17. The Kier molecular flexibility index (Phi) is 4.35.